The van der Waals surface area contributed by atoms with Crippen LogP contribution >= 0.6 is 0 Å². The van der Waals surface area contributed by atoms with Crippen LogP contribution in [0.1, 0.15) is 0 Å². The van der Waals surface area contributed by atoms with Crippen LogP contribution in [0, 0.1) is 0 Å². The van der Waals surface area contributed by atoms with E-state index in [4.69, 9.17) is 4.65 Å². The average molecular weight is 822 g/mol. The molecule has 75 heavy (non-hydrogen) atoms. The van der Waals surface area contributed by atoms with Gasteiger partial charge in [-0.2, -0.15) is 0 Å². The molecule has 0 aliphatic rings. The second-order valence-electron chi connectivity index (χ2n) is 14.2. The van der Waals surface area contributed by atoms with Crippen molar-refractivity contribution in [3.05, 3.63) is 0 Å². The quantitative estimate of drug-likeness (QED) is 0.0572. The van der Waals surface area contributed by atoms with E-state index in [1.807, 2.05) is 483 Å². The van der Waals surface area contributed by atoms with Crippen molar-refractivity contribution in [2.75, 3.05) is 7.11 Å². The summed E-state index contributed by atoms with van der Waals surface area (Å²) in [5, 5.41) is 0. The van der Waals surface area contributed by atoms with Crippen LogP contribution < -0.4 is 0 Å². The fraction of sp³-hybridized carbons (Fsp3) is 1.00. The molecular formula is CH5B73O. The zero-order valence-electron chi connectivity index (χ0n) is 44.0. The molecule has 0 radical (unpaired) electrons. The third-order valence-corrected chi connectivity index (χ3v) is 8.07. The van der Waals surface area contributed by atoms with Crippen LogP contribution in [-0.4, -0.2) is 497 Å². The maximum absolute atomic E-state index is 4.82. The van der Waals surface area contributed by atoms with Crippen molar-refractivity contribution >= 4 is 490 Å². The summed E-state index contributed by atoms with van der Waals surface area (Å²) in [6, 6.07) is 0. The normalized spacial score (nSPS) is 7.85. The topological polar surface area (TPSA) is 9.23 Å². The van der Waals surface area contributed by atoms with E-state index in [2.05, 4.69) is 0 Å². The Morgan fingerprint density at radius 2 is 0.213 bits per heavy atom. The summed E-state index contributed by atoms with van der Waals surface area (Å²) in [5.74, 6) is 0. The molecule has 0 saturated carbocycles. The van der Waals surface area contributed by atoms with Crippen molar-refractivity contribution in [2.45, 2.75) is 0 Å². The molecule has 74 heteroatoms. The third-order valence-electron chi connectivity index (χ3n) is 8.07. The Morgan fingerprint density at radius 1 is 0.133 bits per heavy atom. The Labute approximate surface area is 496 Å². The first-order chi connectivity index (χ1) is 37.4. The van der Waals surface area contributed by atoms with Gasteiger partial charge < -0.3 is 0 Å². The van der Waals surface area contributed by atoms with Gasteiger partial charge in [0.05, 0.1) is 0 Å². The Balaban J connectivity index is 4.10. The van der Waals surface area contributed by atoms with E-state index >= 15 is 0 Å². The van der Waals surface area contributed by atoms with E-state index in [-0.39, 0.29) is 0 Å². The van der Waals surface area contributed by atoms with Crippen molar-refractivity contribution in [3.8, 4) is 0 Å². The predicted octanol–water partition coefficient (Wildman–Crippen LogP) is -28.2. The van der Waals surface area contributed by atoms with Crippen molar-refractivity contribution in [1.82, 2.24) is 0 Å². The summed E-state index contributed by atoms with van der Waals surface area (Å²) >= 11 is 0. The van der Waals surface area contributed by atoms with E-state index < -0.39 is 0 Å². The zero-order valence-corrected chi connectivity index (χ0v) is 44.0. The minimum absolute atomic E-state index is 1.62. The number of hydrogen-bond donors (Lipinski definition) is 0. The van der Waals surface area contributed by atoms with E-state index in [1.54, 1.807) is 14.1 Å². The molecule has 0 aromatic heterocycles. The first-order valence-corrected chi connectivity index (χ1v) is 24.9. The van der Waals surface area contributed by atoms with Gasteiger partial charge in [0.15, 0.2) is 0 Å². The van der Waals surface area contributed by atoms with E-state index in [0.717, 1.165) is 0 Å². The van der Waals surface area contributed by atoms with Gasteiger partial charge in [-0.3, -0.25) is 0 Å². The van der Waals surface area contributed by atoms with Gasteiger partial charge in [-0.15, -0.1) is 0 Å². The fourth-order valence-corrected chi connectivity index (χ4v) is 4.60. The molecular weight excluding hydrogens is 817 g/mol. The summed E-state index contributed by atoms with van der Waals surface area (Å²) in [6.07, 6.45) is 0. The second-order valence-corrected chi connectivity index (χ2v) is 14.2. The van der Waals surface area contributed by atoms with Gasteiger partial charge >= 0.3 is 502 Å². The number of hydrogen-bond acceptors (Lipinski definition) is 1. The molecule has 0 spiro atoms. The van der Waals surface area contributed by atoms with Crippen LogP contribution in [-0.2, 0) is 4.65 Å². The molecule has 0 atom stereocenters. The molecule has 0 amide bonds. The van der Waals surface area contributed by atoms with Crippen molar-refractivity contribution in [3.63, 3.8) is 0 Å². The zero-order chi connectivity index (χ0) is 53.6. The van der Waals surface area contributed by atoms with E-state index in [1.165, 1.54) is 0 Å². The van der Waals surface area contributed by atoms with E-state index in [0.29, 0.717) is 0 Å². The molecule has 0 aromatic carbocycles. The summed E-state index contributed by atoms with van der Waals surface area (Å²) in [5.41, 5.74) is 0. The molecule has 0 aliphatic carbocycles. The summed E-state index contributed by atoms with van der Waals surface area (Å²) < 4.78 is 4.82. The Morgan fingerprint density at radius 3 is 0.293 bits per heavy atom. The molecule has 0 saturated heterocycles. The fourth-order valence-electron chi connectivity index (χ4n) is 4.60. The summed E-state index contributed by atoms with van der Waals surface area (Å²) in [4.78, 5) is 0. The maximum atomic E-state index is 4.82. The second kappa shape index (κ2) is 78.5. The molecule has 0 rings (SSSR count). The van der Waals surface area contributed by atoms with Gasteiger partial charge in [0.1, 0.15) is 0 Å². The van der Waals surface area contributed by atoms with Crippen LogP contribution in [0.5, 0.6) is 0 Å². The van der Waals surface area contributed by atoms with Crippen molar-refractivity contribution in [2.24, 2.45) is 0 Å². The van der Waals surface area contributed by atoms with Gasteiger partial charge in [-0.1, -0.05) is 0 Å². The van der Waals surface area contributed by atoms with Gasteiger partial charge in [-0.25, -0.2) is 0 Å². The molecule has 0 aliphatic heterocycles. The number of rotatable bonds is 36. The molecule has 0 N–H and O–H groups in total. The molecule has 0 heterocycles. The summed E-state index contributed by atoms with van der Waals surface area (Å²) in [7, 11) is 5.25. The molecule has 0 bridgehead atoms. The van der Waals surface area contributed by atoms with Crippen molar-refractivity contribution < 1.29 is 4.65 Å². The third kappa shape index (κ3) is 78.5. The van der Waals surface area contributed by atoms with Crippen molar-refractivity contribution in [1.29, 1.82) is 0 Å². The Bertz CT molecular complexity index is 2590. The minimum atomic E-state index is 1.62. The molecule has 0 unspecified atom stereocenters. The molecule has 0 aromatic rings. The monoisotopic (exact) mass is 837 g/mol. The summed E-state index contributed by atoms with van der Waals surface area (Å²) in [6.45, 7) is 141. The van der Waals surface area contributed by atoms with Gasteiger partial charge in [0, 0.05) is 0 Å². The van der Waals surface area contributed by atoms with Crippen LogP contribution in [0.15, 0.2) is 0 Å². The Hall–Kier alpha value is 4.54. The average Bonchev–Trinajstić information content (AvgIpc) is 3.42. The van der Waals surface area contributed by atoms with Crippen LogP contribution in [0.4, 0.5) is 0 Å². The predicted molar refractivity (Wildman–Crippen MR) is 430 cm³/mol. The van der Waals surface area contributed by atoms with Crippen LogP contribution in [0.25, 0.3) is 0 Å². The van der Waals surface area contributed by atoms with Gasteiger partial charge in [0.2, 0.25) is 0 Å². The van der Waals surface area contributed by atoms with Gasteiger partial charge in [0.25, 0.3) is 0 Å². The van der Waals surface area contributed by atoms with Crippen LogP contribution in [0.3, 0.4) is 0 Å². The first-order valence-electron chi connectivity index (χ1n) is 24.9. The SMILES string of the molecule is BB=BB=BB=BB=BB=BB=BB=BB=BB=BB=BB=BB=BB=BB=BB=BB=BB=BB=BB=BB=BB=BB=BB=BB=BB=BB=BB=BB=BB=BB=BB=BB=BB=BB=BB=BB=BOC. The first kappa shape index (κ1) is 79.5. The molecule has 234 valence electrons. The molecule has 0 fully saturated rings. The molecule has 1 nitrogen and oxygen atoms in total. The van der Waals surface area contributed by atoms with E-state index in [9.17, 15) is 0 Å². The van der Waals surface area contributed by atoms with Crippen LogP contribution in [0.2, 0.25) is 0 Å². The Kier molecular flexibility index (Phi) is 83.3. The standard InChI is InChI=1S/CH5B73O/c1-75-74-73-72-71-70-69-68-67-66-65-64-63-62-61-60-59-58-57-56-55-54-53-52-51-50-49-48-47-46-45-44-43-42-41-40-39-38-37-36-35-34-33-32-31-30-29-28-27-26-25-24-23-22-21-20-19-18-17-16-15-14-13-12-11-10-9-8-7-6-5-4-3-2/h2H2,1H3. The van der Waals surface area contributed by atoms with Gasteiger partial charge in [-0.05, 0) is 0 Å².